The quantitative estimate of drug-likeness (QED) is 0.535. The van der Waals surface area contributed by atoms with Gasteiger partial charge in [0.05, 0.1) is 0 Å². The number of hydrogen-bond donors (Lipinski definition) is 1. The van der Waals surface area contributed by atoms with Crippen LogP contribution in [-0.4, -0.2) is 17.0 Å². The molecule has 0 saturated carbocycles. The Hall–Kier alpha value is 0.310. The van der Waals surface area contributed by atoms with Crippen LogP contribution in [0, 0.1) is 0 Å². The fourth-order valence-corrected chi connectivity index (χ4v) is 1.95. The lowest BCUT2D eigenvalue weighted by atomic mass is 10.1. The summed E-state index contributed by atoms with van der Waals surface area (Å²) in [6.45, 7) is 2.27. The van der Waals surface area contributed by atoms with Gasteiger partial charge in [-0.15, -0.1) is 0 Å². The van der Waals surface area contributed by atoms with E-state index in [1.54, 1.807) is 0 Å². The van der Waals surface area contributed by atoms with Gasteiger partial charge in [0, 0.05) is 17.0 Å². The zero-order chi connectivity index (χ0) is 5.98. The Kier molecular flexibility index (Phi) is 2.20. The van der Waals surface area contributed by atoms with Gasteiger partial charge in [0.1, 0.15) is 0 Å². The molecule has 0 unspecified atom stereocenters. The minimum atomic E-state index is 0.483. The van der Waals surface area contributed by atoms with Gasteiger partial charge >= 0.3 is 0 Å². The molecule has 0 aromatic carbocycles. The van der Waals surface area contributed by atoms with E-state index in [1.165, 1.54) is 18.6 Å². The lowest BCUT2D eigenvalue weighted by Gasteiger charge is -2.21. The van der Waals surface area contributed by atoms with Gasteiger partial charge in [0.2, 0.25) is 0 Å². The number of hydrogen-bond acceptors (Lipinski definition) is 2. The van der Waals surface area contributed by atoms with E-state index in [9.17, 15) is 0 Å². The molecule has 1 fully saturated rings. The Morgan fingerprint density at radius 2 is 2.25 bits per heavy atom. The first-order valence-electron chi connectivity index (χ1n) is 3.16. The van der Waals surface area contributed by atoms with E-state index in [-0.39, 0.29) is 0 Å². The maximum atomic E-state index is 5.68. The smallest absolute Gasteiger partial charge is 0.0130 e. The van der Waals surface area contributed by atoms with Crippen molar-refractivity contribution in [3.63, 3.8) is 0 Å². The minimum absolute atomic E-state index is 0.483. The molecule has 1 heterocycles. The Morgan fingerprint density at radius 3 is 2.62 bits per heavy atom. The van der Waals surface area contributed by atoms with Crippen molar-refractivity contribution in [3.05, 3.63) is 0 Å². The molecule has 1 rings (SSSR count). The van der Waals surface area contributed by atoms with Gasteiger partial charge in [0.15, 0.2) is 0 Å². The Morgan fingerprint density at radius 1 is 1.50 bits per heavy atom. The van der Waals surface area contributed by atoms with Crippen molar-refractivity contribution in [1.82, 2.24) is 0 Å². The molecule has 48 valence electrons. The Bertz CT molecular complexity index is 56.9. The summed E-state index contributed by atoms with van der Waals surface area (Å²) in [5, 5.41) is 0.856. The van der Waals surface area contributed by atoms with Crippen LogP contribution in [0.3, 0.4) is 0 Å². The average molecular weight is 131 g/mol. The predicted molar refractivity (Wildman–Crippen MR) is 39.1 cm³/mol. The minimum Gasteiger partial charge on any atom is -0.327 e. The highest BCUT2D eigenvalue weighted by molar-refractivity contribution is 7.99. The topological polar surface area (TPSA) is 26.0 Å². The highest BCUT2D eigenvalue weighted by atomic mass is 32.2. The summed E-state index contributed by atoms with van der Waals surface area (Å²) >= 11 is 2.00. The van der Waals surface area contributed by atoms with E-state index in [0.717, 1.165) is 5.25 Å². The Labute approximate surface area is 55.0 Å². The van der Waals surface area contributed by atoms with Crippen molar-refractivity contribution in [2.75, 3.05) is 5.75 Å². The third kappa shape index (κ3) is 1.67. The van der Waals surface area contributed by atoms with Crippen LogP contribution in [0.1, 0.15) is 19.8 Å². The van der Waals surface area contributed by atoms with Crippen molar-refractivity contribution in [2.24, 2.45) is 5.73 Å². The van der Waals surface area contributed by atoms with Crippen LogP contribution in [0.25, 0.3) is 0 Å². The second kappa shape index (κ2) is 2.74. The summed E-state index contributed by atoms with van der Waals surface area (Å²) in [5.41, 5.74) is 5.68. The van der Waals surface area contributed by atoms with Gasteiger partial charge in [-0.1, -0.05) is 6.92 Å². The second-order valence-electron chi connectivity index (χ2n) is 2.48. The highest BCUT2D eigenvalue weighted by Gasteiger charge is 2.13. The van der Waals surface area contributed by atoms with E-state index in [1.807, 2.05) is 11.8 Å². The molecule has 0 aliphatic carbocycles. The molecule has 2 heteroatoms. The molecule has 1 aliphatic rings. The summed E-state index contributed by atoms with van der Waals surface area (Å²) in [6.07, 6.45) is 2.54. The molecule has 0 aromatic heterocycles. The first kappa shape index (κ1) is 6.43. The zero-order valence-corrected chi connectivity index (χ0v) is 6.08. The summed E-state index contributed by atoms with van der Waals surface area (Å²) < 4.78 is 0. The van der Waals surface area contributed by atoms with Crippen LogP contribution in [0.15, 0.2) is 0 Å². The van der Waals surface area contributed by atoms with Crippen LogP contribution in [0.2, 0.25) is 0 Å². The summed E-state index contributed by atoms with van der Waals surface area (Å²) in [6, 6.07) is 0.483. The highest BCUT2D eigenvalue weighted by Crippen LogP contribution is 2.23. The van der Waals surface area contributed by atoms with Crippen LogP contribution < -0.4 is 5.73 Å². The maximum Gasteiger partial charge on any atom is 0.0130 e. The molecule has 2 N–H and O–H groups in total. The predicted octanol–water partition coefficient (Wildman–Crippen LogP) is 1.23. The van der Waals surface area contributed by atoms with Gasteiger partial charge < -0.3 is 5.73 Å². The Balaban J connectivity index is 2.19. The number of rotatable bonds is 0. The standard InChI is InChI=1S/C6H13NS/c1-5-2-3-6(7)4-8-5/h5-6H,2-4,7H2,1H3/t5-,6+/m0/s1. The van der Waals surface area contributed by atoms with Gasteiger partial charge in [-0.05, 0) is 12.8 Å². The number of nitrogens with two attached hydrogens (primary N) is 1. The zero-order valence-electron chi connectivity index (χ0n) is 5.26. The van der Waals surface area contributed by atoms with E-state index in [0.29, 0.717) is 6.04 Å². The van der Waals surface area contributed by atoms with Crippen molar-refractivity contribution >= 4 is 11.8 Å². The monoisotopic (exact) mass is 131 g/mol. The molecule has 1 aliphatic heterocycles. The molecule has 0 aromatic rings. The largest absolute Gasteiger partial charge is 0.327 e. The van der Waals surface area contributed by atoms with Crippen molar-refractivity contribution in [2.45, 2.75) is 31.1 Å². The fourth-order valence-electron chi connectivity index (χ4n) is 0.903. The van der Waals surface area contributed by atoms with Gasteiger partial charge in [-0.25, -0.2) is 0 Å². The normalized spacial score (nSPS) is 39.8. The third-order valence-corrected chi connectivity index (χ3v) is 2.96. The van der Waals surface area contributed by atoms with Gasteiger partial charge in [-0.3, -0.25) is 0 Å². The maximum absolute atomic E-state index is 5.68. The van der Waals surface area contributed by atoms with E-state index >= 15 is 0 Å². The third-order valence-electron chi connectivity index (χ3n) is 1.54. The first-order chi connectivity index (χ1) is 3.79. The molecule has 0 bridgehead atoms. The van der Waals surface area contributed by atoms with Crippen molar-refractivity contribution in [1.29, 1.82) is 0 Å². The molecule has 1 nitrogen and oxygen atoms in total. The van der Waals surface area contributed by atoms with E-state index in [2.05, 4.69) is 6.92 Å². The molecule has 0 spiro atoms. The van der Waals surface area contributed by atoms with Crippen LogP contribution >= 0.6 is 11.8 Å². The molecule has 0 amide bonds. The van der Waals surface area contributed by atoms with Gasteiger partial charge in [-0.2, -0.15) is 11.8 Å². The SMILES string of the molecule is C[C@H]1CC[C@@H](N)CS1. The summed E-state index contributed by atoms with van der Waals surface area (Å²) in [4.78, 5) is 0. The first-order valence-corrected chi connectivity index (χ1v) is 4.21. The van der Waals surface area contributed by atoms with Crippen LogP contribution in [0.4, 0.5) is 0 Å². The summed E-state index contributed by atoms with van der Waals surface area (Å²) in [5.74, 6) is 1.17. The fraction of sp³-hybridized carbons (Fsp3) is 1.00. The van der Waals surface area contributed by atoms with Crippen molar-refractivity contribution < 1.29 is 0 Å². The lowest BCUT2D eigenvalue weighted by Crippen LogP contribution is -2.28. The average Bonchev–Trinajstić information content (AvgIpc) is 1.77. The summed E-state index contributed by atoms with van der Waals surface area (Å²) in [7, 11) is 0. The molecular weight excluding hydrogens is 118 g/mol. The number of thioether (sulfide) groups is 1. The molecule has 0 radical (unpaired) electrons. The molecular formula is C6H13NS. The second-order valence-corrected chi connectivity index (χ2v) is 3.95. The van der Waals surface area contributed by atoms with Crippen molar-refractivity contribution in [3.8, 4) is 0 Å². The van der Waals surface area contributed by atoms with E-state index < -0.39 is 0 Å². The molecule has 2 atom stereocenters. The molecule has 8 heavy (non-hydrogen) atoms. The molecule has 1 saturated heterocycles. The van der Waals surface area contributed by atoms with Gasteiger partial charge in [0.25, 0.3) is 0 Å². The van der Waals surface area contributed by atoms with E-state index in [4.69, 9.17) is 5.73 Å². The van der Waals surface area contributed by atoms with Crippen LogP contribution in [-0.2, 0) is 0 Å². The lowest BCUT2D eigenvalue weighted by molar-refractivity contribution is 0.607. The van der Waals surface area contributed by atoms with Crippen LogP contribution in [0.5, 0.6) is 0 Å².